The maximum atomic E-state index is 12.4. The molecule has 1 aliphatic rings. The first-order valence-corrected chi connectivity index (χ1v) is 6.88. The minimum absolute atomic E-state index is 0.0887. The van der Waals surface area contributed by atoms with Crippen LogP contribution in [0.15, 0.2) is 48.5 Å². The highest BCUT2D eigenvalue weighted by atomic mass is 16.2. The molecule has 0 radical (unpaired) electrons. The molecule has 0 saturated heterocycles. The topological polar surface area (TPSA) is 63.4 Å². The zero-order chi connectivity index (χ0) is 15.0. The fourth-order valence-electron chi connectivity index (χ4n) is 2.63. The molecule has 0 spiro atoms. The van der Waals surface area contributed by atoms with Crippen LogP contribution in [0.2, 0.25) is 0 Å². The Hall–Kier alpha value is -2.62. The summed E-state index contributed by atoms with van der Waals surface area (Å²) in [7, 11) is 0. The number of benzene rings is 2. The van der Waals surface area contributed by atoms with E-state index in [0.29, 0.717) is 23.4 Å². The van der Waals surface area contributed by atoms with Crippen molar-refractivity contribution in [2.45, 2.75) is 12.8 Å². The molecular formula is C17H16N2O2. The largest absolute Gasteiger partial charge is 0.399 e. The number of imide groups is 1. The van der Waals surface area contributed by atoms with E-state index in [4.69, 9.17) is 5.73 Å². The molecular weight excluding hydrogens is 264 g/mol. The lowest BCUT2D eigenvalue weighted by Gasteiger charge is -2.19. The zero-order valence-electron chi connectivity index (χ0n) is 11.7. The van der Waals surface area contributed by atoms with Crippen molar-refractivity contribution in [3.05, 3.63) is 65.2 Å². The van der Waals surface area contributed by atoms with Crippen molar-refractivity contribution in [1.82, 2.24) is 4.90 Å². The summed E-state index contributed by atoms with van der Waals surface area (Å²) < 4.78 is 0. The summed E-state index contributed by atoms with van der Waals surface area (Å²) >= 11 is 0. The molecule has 2 N–H and O–H groups in total. The van der Waals surface area contributed by atoms with Gasteiger partial charge >= 0.3 is 0 Å². The third-order valence-electron chi connectivity index (χ3n) is 3.82. The maximum absolute atomic E-state index is 12.4. The number of amides is 2. The molecule has 21 heavy (non-hydrogen) atoms. The van der Waals surface area contributed by atoms with E-state index < -0.39 is 0 Å². The fourth-order valence-corrected chi connectivity index (χ4v) is 2.63. The van der Waals surface area contributed by atoms with Gasteiger partial charge in [-0.3, -0.25) is 14.5 Å². The Morgan fingerprint density at radius 2 is 1.67 bits per heavy atom. The van der Waals surface area contributed by atoms with Crippen LogP contribution in [0.5, 0.6) is 0 Å². The Bertz CT molecular complexity index is 710. The molecule has 2 aromatic rings. The average Bonchev–Trinajstić information content (AvgIpc) is 2.73. The van der Waals surface area contributed by atoms with Crippen molar-refractivity contribution in [2.75, 3.05) is 12.3 Å². The van der Waals surface area contributed by atoms with E-state index in [1.54, 1.807) is 18.2 Å². The SMILES string of the molecule is CC(CN1C(=O)c2ccc(N)cc2C1=O)c1ccccc1. The quantitative estimate of drug-likeness (QED) is 0.694. The summed E-state index contributed by atoms with van der Waals surface area (Å²) in [6.45, 7) is 2.38. The van der Waals surface area contributed by atoms with Crippen LogP contribution in [-0.2, 0) is 0 Å². The molecule has 0 bridgehead atoms. The Morgan fingerprint density at radius 3 is 2.38 bits per heavy atom. The zero-order valence-corrected chi connectivity index (χ0v) is 11.7. The van der Waals surface area contributed by atoms with Crippen molar-refractivity contribution in [1.29, 1.82) is 0 Å². The molecule has 0 saturated carbocycles. The monoisotopic (exact) mass is 280 g/mol. The molecule has 1 aliphatic heterocycles. The second-order valence-corrected chi connectivity index (χ2v) is 5.34. The first-order chi connectivity index (χ1) is 10.1. The number of nitrogen functional groups attached to an aromatic ring is 1. The summed E-state index contributed by atoms with van der Waals surface area (Å²) in [5.74, 6) is -0.409. The molecule has 106 valence electrons. The molecule has 1 unspecified atom stereocenters. The lowest BCUT2D eigenvalue weighted by Crippen LogP contribution is -2.33. The Morgan fingerprint density at radius 1 is 1.00 bits per heavy atom. The van der Waals surface area contributed by atoms with Gasteiger partial charge in [0.25, 0.3) is 11.8 Å². The van der Waals surface area contributed by atoms with Crippen molar-refractivity contribution in [3.63, 3.8) is 0 Å². The molecule has 4 nitrogen and oxygen atoms in total. The van der Waals surface area contributed by atoms with Crippen LogP contribution in [0, 0.1) is 0 Å². The number of anilines is 1. The molecule has 1 heterocycles. The summed E-state index contributed by atoms with van der Waals surface area (Å²) in [5.41, 5.74) is 8.14. The van der Waals surface area contributed by atoms with Gasteiger partial charge in [0.05, 0.1) is 11.1 Å². The van der Waals surface area contributed by atoms with Crippen molar-refractivity contribution < 1.29 is 9.59 Å². The van der Waals surface area contributed by atoms with E-state index in [2.05, 4.69) is 0 Å². The minimum atomic E-state index is -0.259. The van der Waals surface area contributed by atoms with E-state index in [1.807, 2.05) is 37.3 Å². The highest BCUT2D eigenvalue weighted by Gasteiger charge is 2.36. The highest BCUT2D eigenvalue weighted by molar-refractivity contribution is 6.21. The standard InChI is InChI=1S/C17H16N2O2/c1-11(12-5-3-2-4-6-12)10-19-16(20)14-8-7-13(18)9-15(14)17(19)21/h2-9,11H,10,18H2,1H3. The van der Waals surface area contributed by atoms with Gasteiger partial charge in [0.2, 0.25) is 0 Å². The summed E-state index contributed by atoms with van der Waals surface area (Å²) in [4.78, 5) is 26.0. The smallest absolute Gasteiger partial charge is 0.261 e. The van der Waals surface area contributed by atoms with Gasteiger partial charge in [0.15, 0.2) is 0 Å². The van der Waals surface area contributed by atoms with Gasteiger partial charge in [0, 0.05) is 12.2 Å². The van der Waals surface area contributed by atoms with Crippen LogP contribution < -0.4 is 5.73 Å². The van der Waals surface area contributed by atoms with Crippen LogP contribution in [-0.4, -0.2) is 23.3 Å². The number of hydrogen-bond acceptors (Lipinski definition) is 3. The summed E-state index contributed by atoms with van der Waals surface area (Å²) in [5, 5.41) is 0. The number of hydrogen-bond donors (Lipinski definition) is 1. The molecule has 3 rings (SSSR count). The van der Waals surface area contributed by atoms with E-state index in [9.17, 15) is 9.59 Å². The maximum Gasteiger partial charge on any atom is 0.261 e. The van der Waals surface area contributed by atoms with Gasteiger partial charge < -0.3 is 5.73 Å². The second-order valence-electron chi connectivity index (χ2n) is 5.34. The summed E-state index contributed by atoms with van der Waals surface area (Å²) in [6, 6.07) is 14.7. The van der Waals surface area contributed by atoms with Crippen molar-refractivity contribution in [3.8, 4) is 0 Å². The van der Waals surface area contributed by atoms with Gasteiger partial charge in [-0.05, 0) is 29.7 Å². The first kappa shape index (κ1) is 13.4. The van der Waals surface area contributed by atoms with Crippen LogP contribution in [0.25, 0.3) is 0 Å². The lowest BCUT2D eigenvalue weighted by atomic mass is 10.0. The number of nitrogens with zero attached hydrogens (tertiary/aromatic N) is 1. The number of rotatable bonds is 3. The fraction of sp³-hybridized carbons (Fsp3) is 0.176. The molecule has 0 aliphatic carbocycles. The Labute approximate surface area is 123 Å². The normalized spacial score (nSPS) is 15.2. The number of carbonyl (C=O) groups is 2. The summed E-state index contributed by atoms with van der Waals surface area (Å²) in [6.07, 6.45) is 0. The van der Waals surface area contributed by atoms with Crippen molar-refractivity contribution in [2.24, 2.45) is 0 Å². The first-order valence-electron chi connectivity index (χ1n) is 6.88. The van der Waals surface area contributed by atoms with Gasteiger partial charge in [-0.1, -0.05) is 37.3 Å². The van der Waals surface area contributed by atoms with E-state index in [1.165, 1.54) is 4.90 Å². The average molecular weight is 280 g/mol. The van der Waals surface area contributed by atoms with E-state index >= 15 is 0 Å². The highest BCUT2D eigenvalue weighted by Crippen LogP contribution is 2.27. The minimum Gasteiger partial charge on any atom is -0.399 e. The van der Waals surface area contributed by atoms with Gasteiger partial charge in [0.1, 0.15) is 0 Å². The number of nitrogens with two attached hydrogens (primary N) is 1. The number of fused-ring (bicyclic) bond motifs is 1. The second kappa shape index (κ2) is 5.05. The predicted molar refractivity (Wildman–Crippen MR) is 81.1 cm³/mol. The van der Waals surface area contributed by atoms with Crippen LogP contribution >= 0.6 is 0 Å². The Balaban J connectivity index is 1.85. The third-order valence-corrected chi connectivity index (χ3v) is 3.82. The predicted octanol–water partition coefficient (Wildman–Crippen LogP) is 2.67. The lowest BCUT2D eigenvalue weighted by molar-refractivity contribution is 0.0646. The van der Waals surface area contributed by atoms with E-state index in [-0.39, 0.29) is 17.7 Å². The van der Waals surface area contributed by atoms with Gasteiger partial charge in [-0.2, -0.15) is 0 Å². The van der Waals surface area contributed by atoms with E-state index in [0.717, 1.165) is 5.56 Å². The molecule has 0 aromatic heterocycles. The van der Waals surface area contributed by atoms with Gasteiger partial charge in [-0.25, -0.2) is 0 Å². The van der Waals surface area contributed by atoms with Crippen molar-refractivity contribution >= 4 is 17.5 Å². The molecule has 4 heteroatoms. The molecule has 2 aromatic carbocycles. The molecule has 0 fully saturated rings. The van der Waals surface area contributed by atoms with Gasteiger partial charge in [-0.15, -0.1) is 0 Å². The van der Waals surface area contributed by atoms with Crippen LogP contribution in [0.4, 0.5) is 5.69 Å². The van der Waals surface area contributed by atoms with Crippen LogP contribution in [0.1, 0.15) is 39.1 Å². The number of carbonyl (C=O) groups excluding carboxylic acids is 2. The third kappa shape index (κ3) is 2.29. The molecule has 2 amide bonds. The molecule has 1 atom stereocenters. The Kier molecular flexibility index (Phi) is 3.22. The van der Waals surface area contributed by atoms with Crippen LogP contribution in [0.3, 0.4) is 0 Å².